The zero-order valence-electron chi connectivity index (χ0n) is 35.6. The van der Waals surface area contributed by atoms with Crippen molar-refractivity contribution in [3.63, 3.8) is 0 Å². The van der Waals surface area contributed by atoms with Gasteiger partial charge in [0.05, 0.1) is 6.42 Å². The van der Waals surface area contributed by atoms with E-state index >= 15 is 0 Å². The van der Waals surface area contributed by atoms with Gasteiger partial charge in [-0.3, -0.25) is 14.4 Å². The van der Waals surface area contributed by atoms with Crippen LogP contribution in [0.25, 0.3) is 0 Å². The molecule has 0 aromatic carbocycles. The monoisotopic (exact) mass is 775 g/mol. The van der Waals surface area contributed by atoms with Crippen LogP contribution in [0.3, 0.4) is 0 Å². The molecule has 0 rings (SSSR count). The van der Waals surface area contributed by atoms with E-state index in [9.17, 15) is 14.4 Å². The molecule has 0 aliphatic heterocycles. The fourth-order valence-corrected chi connectivity index (χ4v) is 5.35. The van der Waals surface area contributed by atoms with Crippen molar-refractivity contribution in [1.82, 2.24) is 0 Å². The number of hydrogen-bond donors (Lipinski definition) is 0. The molecule has 0 aromatic rings. The van der Waals surface area contributed by atoms with Crippen LogP contribution in [0.5, 0.6) is 0 Å². The highest BCUT2D eigenvalue weighted by atomic mass is 16.6. The Morgan fingerprint density at radius 1 is 0.393 bits per heavy atom. The van der Waals surface area contributed by atoms with E-state index in [-0.39, 0.29) is 32.0 Å². The highest BCUT2D eigenvalue weighted by Gasteiger charge is 2.19. The molecule has 1 atom stereocenters. The number of hydrogen-bond acceptors (Lipinski definition) is 6. The first-order valence-electron chi connectivity index (χ1n) is 21.9. The Hall–Kier alpha value is -3.93. The molecule has 56 heavy (non-hydrogen) atoms. The Labute approximate surface area is 342 Å². The van der Waals surface area contributed by atoms with E-state index in [4.69, 9.17) is 14.2 Å². The number of rotatable bonds is 37. The van der Waals surface area contributed by atoms with Gasteiger partial charge in [-0.15, -0.1) is 0 Å². The lowest BCUT2D eigenvalue weighted by molar-refractivity contribution is -0.166. The average molecular weight is 775 g/mol. The van der Waals surface area contributed by atoms with Gasteiger partial charge in [0, 0.05) is 12.8 Å². The van der Waals surface area contributed by atoms with E-state index in [1.807, 2.05) is 18.2 Å². The molecule has 0 fully saturated rings. The second-order valence-electron chi connectivity index (χ2n) is 13.9. The van der Waals surface area contributed by atoms with Crippen molar-refractivity contribution >= 4 is 17.9 Å². The fourth-order valence-electron chi connectivity index (χ4n) is 5.35. The molecule has 0 amide bonds. The summed E-state index contributed by atoms with van der Waals surface area (Å²) in [4.78, 5) is 37.6. The number of allylic oxidation sites excluding steroid dienone is 17. The largest absolute Gasteiger partial charge is 0.462 e. The number of ether oxygens (including phenoxy) is 3. The van der Waals surface area contributed by atoms with Gasteiger partial charge in [0.15, 0.2) is 6.10 Å². The van der Waals surface area contributed by atoms with Crippen LogP contribution in [0, 0.1) is 0 Å². The first-order valence-corrected chi connectivity index (χ1v) is 21.9. The molecular weight excluding hydrogens is 697 g/mol. The van der Waals surface area contributed by atoms with E-state index in [2.05, 4.69) is 106 Å². The topological polar surface area (TPSA) is 78.9 Å². The molecule has 314 valence electrons. The van der Waals surface area contributed by atoms with Gasteiger partial charge in [-0.1, -0.05) is 188 Å². The molecule has 0 saturated carbocycles. The quantitative estimate of drug-likeness (QED) is 0.0271. The summed E-state index contributed by atoms with van der Waals surface area (Å²) in [5, 5.41) is 0. The number of carbonyl (C=O) groups is 3. The molecule has 6 heteroatoms. The van der Waals surface area contributed by atoms with Crippen LogP contribution in [0.1, 0.15) is 168 Å². The van der Waals surface area contributed by atoms with E-state index in [1.165, 1.54) is 44.9 Å². The summed E-state index contributed by atoms with van der Waals surface area (Å²) < 4.78 is 16.5. The van der Waals surface area contributed by atoms with Gasteiger partial charge in [0.1, 0.15) is 13.2 Å². The minimum atomic E-state index is -0.853. The maximum absolute atomic E-state index is 12.7. The van der Waals surface area contributed by atoms with Gasteiger partial charge >= 0.3 is 17.9 Å². The lowest BCUT2D eigenvalue weighted by atomic mass is 10.1. The summed E-state index contributed by atoms with van der Waals surface area (Å²) in [6, 6.07) is 0. The number of carbonyl (C=O) groups excluding carboxylic acids is 3. The molecule has 0 aromatic heterocycles. The third kappa shape index (κ3) is 41.2. The van der Waals surface area contributed by atoms with Crippen molar-refractivity contribution < 1.29 is 28.6 Å². The third-order valence-corrected chi connectivity index (χ3v) is 8.57. The summed E-state index contributed by atoms with van der Waals surface area (Å²) in [7, 11) is 0. The van der Waals surface area contributed by atoms with Gasteiger partial charge in [0.25, 0.3) is 0 Å². The van der Waals surface area contributed by atoms with Gasteiger partial charge in [-0.25, -0.2) is 0 Å². The Bertz CT molecular complexity index is 1210. The van der Waals surface area contributed by atoms with E-state index in [1.54, 1.807) is 6.08 Å². The predicted octanol–water partition coefficient (Wildman–Crippen LogP) is 14.0. The second-order valence-corrected chi connectivity index (χ2v) is 13.9. The van der Waals surface area contributed by atoms with Crippen LogP contribution in [-0.2, 0) is 28.6 Å². The minimum absolute atomic E-state index is 0.110. The van der Waals surface area contributed by atoms with Crippen molar-refractivity contribution in [2.24, 2.45) is 0 Å². The van der Waals surface area contributed by atoms with Gasteiger partial charge in [-0.05, 0) is 70.6 Å². The maximum atomic E-state index is 12.7. The van der Waals surface area contributed by atoms with E-state index in [0.29, 0.717) is 12.8 Å². The lowest BCUT2D eigenvalue weighted by Crippen LogP contribution is -2.30. The van der Waals surface area contributed by atoms with Gasteiger partial charge in [0.2, 0.25) is 0 Å². The van der Waals surface area contributed by atoms with E-state index < -0.39 is 18.0 Å². The van der Waals surface area contributed by atoms with E-state index in [0.717, 1.165) is 77.0 Å². The SMILES string of the molecule is CC/C=C\C/C=C\C/C=C\C/C=C\C/C=C\CC(=O)OCC(COC(=O)CCCCCCCCCCCC)OC(=O)CC/C=C\C/C=C\C/C=C\C/C=C\CC. The van der Waals surface area contributed by atoms with Gasteiger partial charge in [-0.2, -0.15) is 0 Å². The molecule has 0 spiro atoms. The van der Waals surface area contributed by atoms with Crippen LogP contribution in [0.4, 0.5) is 0 Å². The zero-order chi connectivity index (χ0) is 40.8. The summed E-state index contributed by atoms with van der Waals surface area (Å²) in [5.41, 5.74) is 0. The zero-order valence-corrected chi connectivity index (χ0v) is 35.6. The van der Waals surface area contributed by atoms with Crippen LogP contribution < -0.4 is 0 Å². The summed E-state index contributed by atoms with van der Waals surface area (Å²) in [6.45, 7) is 6.20. The Kier molecular flexibility index (Phi) is 40.7. The lowest BCUT2D eigenvalue weighted by Gasteiger charge is -2.18. The van der Waals surface area contributed by atoms with Crippen molar-refractivity contribution in [2.75, 3.05) is 13.2 Å². The summed E-state index contributed by atoms with van der Waals surface area (Å²) >= 11 is 0. The highest BCUT2D eigenvalue weighted by molar-refractivity contribution is 5.72. The number of esters is 3. The Morgan fingerprint density at radius 3 is 1.21 bits per heavy atom. The molecule has 0 radical (unpaired) electrons. The predicted molar refractivity (Wildman–Crippen MR) is 237 cm³/mol. The van der Waals surface area contributed by atoms with Crippen LogP contribution in [0.15, 0.2) is 109 Å². The molecule has 0 aliphatic carbocycles. The fraction of sp³-hybridized carbons (Fsp3) is 0.580. The number of unbranched alkanes of at least 4 members (excludes halogenated alkanes) is 9. The molecule has 6 nitrogen and oxygen atoms in total. The van der Waals surface area contributed by atoms with Crippen molar-refractivity contribution in [1.29, 1.82) is 0 Å². The Morgan fingerprint density at radius 2 is 0.768 bits per heavy atom. The summed E-state index contributed by atoms with van der Waals surface area (Å²) in [5.74, 6) is -1.17. The minimum Gasteiger partial charge on any atom is -0.462 e. The molecule has 0 saturated heterocycles. The molecule has 0 bridgehead atoms. The first kappa shape index (κ1) is 52.1. The molecule has 1 unspecified atom stereocenters. The second kappa shape index (κ2) is 43.8. The maximum Gasteiger partial charge on any atom is 0.309 e. The smallest absolute Gasteiger partial charge is 0.309 e. The molecular formula is C50H78O6. The first-order chi connectivity index (χ1) is 27.5. The van der Waals surface area contributed by atoms with Gasteiger partial charge < -0.3 is 14.2 Å². The Balaban J connectivity index is 4.64. The van der Waals surface area contributed by atoms with Crippen LogP contribution >= 0.6 is 0 Å². The average Bonchev–Trinajstić information content (AvgIpc) is 3.19. The third-order valence-electron chi connectivity index (χ3n) is 8.57. The molecule has 0 N–H and O–H groups in total. The normalized spacial score (nSPS) is 13.1. The molecule has 0 aliphatic rings. The summed E-state index contributed by atoms with van der Waals surface area (Å²) in [6.07, 6.45) is 58.2. The highest BCUT2D eigenvalue weighted by Crippen LogP contribution is 2.12. The van der Waals surface area contributed by atoms with Crippen molar-refractivity contribution in [3.8, 4) is 0 Å². The standard InChI is InChI=1S/C50H78O6/c1-4-7-10-13-16-19-22-24-25-27-28-31-34-37-40-43-49(52)55-46-47(45-54-48(51)42-39-36-33-30-21-18-15-12-9-6-3)56-50(53)44-41-38-35-32-29-26-23-20-17-14-11-8-5-2/h7-8,10-11,16-17,19-20,24-26,28-29,31,35,37-38,40,47H,4-6,9,12-15,18,21-23,27,30,32-34,36,39,41-46H2,1-3H3/b10-7-,11-8-,19-16-,20-17-,25-24-,29-26-,31-28-,38-35-,40-37-. The van der Waals surface area contributed by atoms with Crippen molar-refractivity contribution in [2.45, 2.75) is 175 Å². The van der Waals surface area contributed by atoms with Crippen LogP contribution in [0.2, 0.25) is 0 Å². The van der Waals surface area contributed by atoms with Crippen molar-refractivity contribution in [3.05, 3.63) is 109 Å². The van der Waals surface area contributed by atoms with Crippen LogP contribution in [-0.4, -0.2) is 37.2 Å². The molecule has 0 heterocycles.